The molecule has 0 radical (unpaired) electrons. The lowest BCUT2D eigenvalue weighted by atomic mass is 9.95. The van der Waals surface area contributed by atoms with Gasteiger partial charge in [-0.2, -0.15) is 5.10 Å². The predicted octanol–water partition coefficient (Wildman–Crippen LogP) is 3.65. The maximum atomic E-state index is 12.7. The highest BCUT2D eigenvalue weighted by atomic mass is 35.5. The number of halogens is 1. The summed E-state index contributed by atoms with van der Waals surface area (Å²) in [6, 6.07) is 3.66. The minimum absolute atomic E-state index is 0.178. The van der Waals surface area contributed by atoms with Crippen LogP contribution in [0.2, 0.25) is 5.02 Å². The van der Waals surface area contributed by atoms with Crippen molar-refractivity contribution >= 4 is 22.6 Å². The molecular formula is C17H18ClN5O. The van der Waals surface area contributed by atoms with Crippen LogP contribution in [0.3, 0.4) is 0 Å². The van der Waals surface area contributed by atoms with Gasteiger partial charge in [-0.25, -0.2) is 4.98 Å². The number of nitrogens with one attached hydrogen (secondary N) is 1. The van der Waals surface area contributed by atoms with Crippen LogP contribution in [0.15, 0.2) is 23.1 Å². The Morgan fingerprint density at radius 3 is 2.83 bits per heavy atom. The van der Waals surface area contributed by atoms with Crippen LogP contribution in [0.25, 0.3) is 22.6 Å². The normalized spacial score (nSPS) is 15.9. The highest BCUT2D eigenvalue weighted by Gasteiger charge is 2.22. The van der Waals surface area contributed by atoms with Crippen LogP contribution in [-0.4, -0.2) is 24.7 Å². The average molecular weight is 344 g/mol. The smallest absolute Gasteiger partial charge is 0.277 e. The van der Waals surface area contributed by atoms with E-state index >= 15 is 0 Å². The number of aryl methyl sites for hydroxylation is 1. The number of nitrogens with zero attached hydrogens (tertiary/aromatic N) is 4. The maximum absolute atomic E-state index is 12.7. The Morgan fingerprint density at radius 1 is 1.29 bits per heavy atom. The quantitative estimate of drug-likeness (QED) is 0.770. The van der Waals surface area contributed by atoms with E-state index < -0.39 is 0 Å². The van der Waals surface area contributed by atoms with Gasteiger partial charge in [0.05, 0.1) is 11.7 Å². The summed E-state index contributed by atoms with van der Waals surface area (Å²) in [5.74, 6) is 0.418. The molecule has 6 nitrogen and oxygen atoms in total. The molecule has 0 unspecified atom stereocenters. The standard InChI is InChI=1S/C17H18ClN5O/c1-10-14-15(23(22-10)12-5-3-2-4-6-12)17(24)21-16(20-14)13-9-11(18)7-8-19-13/h7-9,12H,2-6H2,1H3,(H,20,21,24). The Labute approximate surface area is 143 Å². The van der Waals surface area contributed by atoms with E-state index in [2.05, 4.69) is 20.1 Å². The zero-order valence-corrected chi connectivity index (χ0v) is 14.2. The van der Waals surface area contributed by atoms with Crippen LogP contribution in [0.4, 0.5) is 0 Å². The molecule has 3 aromatic rings. The predicted molar refractivity (Wildman–Crippen MR) is 93.2 cm³/mol. The Balaban J connectivity index is 1.88. The lowest BCUT2D eigenvalue weighted by Crippen LogP contribution is -2.19. The number of H-pyrrole nitrogens is 1. The molecule has 4 rings (SSSR count). The van der Waals surface area contributed by atoms with E-state index in [1.807, 2.05) is 11.6 Å². The Bertz CT molecular complexity index is 955. The summed E-state index contributed by atoms with van der Waals surface area (Å²) in [7, 11) is 0. The second-order valence-electron chi connectivity index (χ2n) is 6.29. The summed E-state index contributed by atoms with van der Waals surface area (Å²) in [5, 5.41) is 5.17. The highest BCUT2D eigenvalue weighted by Crippen LogP contribution is 2.30. The number of fused-ring (bicyclic) bond motifs is 1. The molecule has 0 aromatic carbocycles. The van der Waals surface area contributed by atoms with E-state index in [0.29, 0.717) is 27.6 Å². The SMILES string of the molecule is Cc1nn(C2CCCCC2)c2c(=O)[nH]c(-c3cc(Cl)ccn3)nc12. The van der Waals surface area contributed by atoms with Crippen LogP contribution in [0.5, 0.6) is 0 Å². The van der Waals surface area contributed by atoms with Crippen LogP contribution < -0.4 is 5.56 Å². The second-order valence-corrected chi connectivity index (χ2v) is 6.73. The Morgan fingerprint density at radius 2 is 2.08 bits per heavy atom. The summed E-state index contributed by atoms with van der Waals surface area (Å²) in [6.45, 7) is 1.89. The van der Waals surface area contributed by atoms with Crippen molar-refractivity contribution in [1.82, 2.24) is 24.7 Å². The van der Waals surface area contributed by atoms with Gasteiger partial charge in [0, 0.05) is 11.2 Å². The second kappa shape index (κ2) is 6.02. The minimum Gasteiger partial charge on any atom is -0.303 e. The first-order valence-corrected chi connectivity index (χ1v) is 8.62. The van der Waals surface area contributed by atoms with Gasteiger partial charge < -0.3 is 4.98 Å². The van der Waals surface area contributed by atoms with Gasteiger partial charge in [-0.15, -0.1) is 0 Å². The van der Waals surface area contributed by atoms with Gasteiger partial charge in [0.2, 0.25) is 0 Å². The summed E-state index contributed by atoms with van der Waals surface area (Å²) >= 11 is 6.01. The first-order chi connectivity index (χ1) is 11.6. The van der Waals surface area contributed by atoms with Crippen molar-refractivity contribution in [2.45, 2.75) is 45.1 Å². The van der Waals surface area contributed by atoms with Crippen molar-refractivity contribution in [3.05, 3.63) is 39.4 Å². The van der Waals surface area contributed by atoms with Crippen molar-refractivity contribution in [2.75, 3.05) is 0 Å². The molecule has 0 spiro atoms. The van der Waals surface area contributed by atoms with Gasteiger partial charge in [-0.3, -0.25) is 14.5 Å². The monoisotopic (exact) mass is 343 g/mol. The van der Waals surface area contributed by atoms with Crippen molar-refractivity contribution in [3.63, 3.8) is 0 Å². The topological polar surface area (TPSA) is 76.5 Å². The molecule has 7 heteroatoms. The fourth-order valence-corrected chi connectivity index (χ4v) is 3.60. The van der Waals surface area contributed by atoms with E-state index in [4.69, 9.17) is 11.6 Å². The third-order valence-corrected chi connectivity index (χ3v) is 4.84. The van der Waals surface area contributed by atoms with Gasteiger partial charge in [-0.1, -0.05) is 30.9 Å². The lowest BCUT2D eigenvalue weighted by molar-refractivity contribution is 0.336. The lowest BCUT2D eigenvalue weighted by Gasteiger charge is -2.22. The summed E-state index contributed by atoms with van der Waals surface area (Å²) in [6.07, 6.45) is 7.34. The first-order valence-electron chi connectivity index (χ1n) is 8.24. The van der Waals surface area contributed by atoms with Gasteiger partial charge in [-0.05, 0) is 31.9 Å². The number of hydrogen-bond acceptors (Lipinski definition) is 4. The summed E-state index contributed by atoms with van der Waals surface area (Å²) in [5.41, 5.74) is 2.34. The van der Waals surface area contributed by atoms with Crippen molar-refractivity contribution in [2.24, 2.45) is 0 Å². The fourth-order valence-electron chi connectivity index (χ4n) is 3.44. The third-order valence-electron chi connectivity index (χ3n) is 4.61. The van der Waals surface area contributed by atoms with E-state index in [-0.39, 0.29) is 11.6 Å². The molecule has 1 N–H and O–H groups in total. The van der Waals surface area contributed by atoms with E-state index in [1.165, 1.54) is 19.3 Å². The van der Waals surface area contributed by atoms with Gasteiger partial charge in [0.25, 0.3) is 5.56 Å². The molecule has 1 fully saturated rings. The molecular weight excluding hydrogens is 326 g/mol. The van der Waals surface area contributed by atoms with Crippen molar-refractivity contribution in [1.29, 1.82) is 0 Å². The largest absolute Gasteiger partial charge is 0.303 e. The van der Waals surface area contributed by atoms with Crippen LogP contribution >= 0.6 is 11.6 Å². The number of aromatic nitrogens is 5. The van der Waals surface area contributed by atoms with Crippen LogP contribution in [-0.2, 0) is 0 Å². The Kier molecular flexibility index (Phi) is 3.84. The van der Waals surface area contributed by atoms with E-state index in [1.54, 1.807) is 18.3 Å². The summed E-state index contributed by atoms with van der Waals surface area (Å²) < 4.78 is 1.88. The average Bonchev–Trinajstić information content (AvgIpc) is 2.93. The fraction of sp³-hybridized carbons (Fsp3) is 0.412. The number of pyridine rings is 1. The van der Waals surface area contributed by atoms with Gasteiger partial charge >= 0.3 is 0 Å². The molecule has 1 aliphatic carbocycles. The number of rotatable bonds is 2. The van der Waals surface area contributed by atoms with E-state index in [9.17, 15) is 4.79 Å². The molecule has 124 valence electrons. The third kappa shape index (κ3) is 2.60. The van der Waals surface area contributed by atoms with E-state index in [0.717, 1.165) is 18.5 Å². The maximum Gasteiger partial charge on any atom is 0.277 e. The van der Waals surface area contributed by atoms with Crippen molar-refractivity contribution < 1.29 is 0 Å². The molecule has 0 bridgehead atoms. The molecule has 3 aromatic heterocycles. The number of aromatic amines is 1. The van der Waals surface area contributed by atoms with Crippen molar-refractivity contribution in [3.8, 4) is 11.5 Å². The molecule has 24 heavy (non-hydrogen) atoms. The molecule has 0 saturated heterocycles. The van der Waals surface area contributed by atoms with Gasteiger partial charge in [0.15, 0.2) is 11.3 Å². The molecule has 1 saturated carbocycles. The summed E-state index contributed by atoms with van der Waals surface area (Å²) in [4.78, 5) is 24.4. The molecule has 0 amide bonds. The zero-order valence-electron chi connectivity index (χ0n) is 13.4. The molecule has 0 atom stereocenters. The molecule has 3 heterocycles. The molecule has 1 aliphatic rings. The zero-order chi connectivity index (χ0) is 16.7. The molecule has 0 aliphatic heterocycles. The number of hydrogen-bond donors (Lipinski definition) is 1. The first kappa shape index (κ1) is 15.3. The highest BCUT2D eigenvalue weighted by molar-refractivity contribution is 6.30. The Hall–Kier alpha value is -2.21. The van der Waals surface area contributed by atoms with Gasteiger partial charge in [0.1, 0.15) is 11.2 Å². The minimum atomic E-state index is -0.178. The van der Waals surface area contributed by atoms with Crippen LogP contribution in [0.1, 0.15) is 43.8 Å². The van der Waals surface area contributed by atoms with Crippen LogP contribution in [0, 0.1) is 6.92 Å².